The Bertz CT molecular complexity index is 3320. The van der Waals surface area contributed by atoms with Crippen LogP contribution in [-0.4, -0.2) is 10.4 Å². The smallest absolute Gasteiger partial charge is 0.143 e. The van der Waals surface area contributed by atoms with Crippen molar-refractivity contribution in [1.82, 2.24) is 15.2 Å². The molecule has 4 heterocycles. The molecule has 3 aromatic heterocycles. The molecule has 6 nitrogen and oxygen atoms in total. The average molecular weight is 735 g/mol. The molecule has 8 aromatic carbocycles. The van der Waals surface area contributed by atoms with Crippen molar-refractivity contribution >= 4 is 71.5 Å². The fourth-order valence-electron chi connectivity index (χ4n) is 8.78. The summed E-state index contributed by atoms with van der Waals surface area (Å²) in [5.41, 5.74) is 12.2. The van der Waals surface area contributed by atoms with Crippen molar-refractivity contribution in [1.29, 1.82) is 0 Å². The number of furan rings is 2. The summed E-state index contributed by atoms with van der Waals surface area (Å²) < 4.78 is 15.5. The number of hydrogen-bond donors (Lipinski definition) is 2. The van der Waals surface area contributed by atoms with Gasteiger partial charge in [0.05, 0.1) is 11.0 Å². The van der Waals surface area contributed by atoms with Crippen molar-refractivity contribution in [3.05, 3.63) is 199 Å². The predicted octanol–water partition coefficient (Wildman–Crippen LogP) is 12.6. The van der Waals surface area contributed by atoms with Gasteiger partial charge in [-0.05, 0) is 65.2 Å². The van der Waals surface area contributed by atoms with Crippen LogP contribution in [0.4, 0.5) is 0 Å². The Balaban J connectivity index is 0.936. The molecule has 0 saturated heterocycles. The third-order valence-corrected chi connectivity index (χ3v) is 11.5. The third-order valence-electron chi connectivity index (χ3n) is 11.5. The van der Waals surface area contributed by atoms with E-state index in [2.05, 4.69) is 173 Å². The fraction of sp³-hybridized carbons (Fsp3) is 0.0392. The number of rotatable bonds is 5. The maximum atomic E-state index is 6.67. The maximum Gasteiger partial charge on any atom is 0.143 e. The van der Waals surface area contributed by atoms with E-state index in [9.17, 15) is 0 Å². The van der Waals surface area contributed by atoms with Gasteiger partial charge in [0.15, 0.2) is 0 Å². The summed E-state index contributed by atoms with van der Waals surface area (Å²) in [7, 11) is 0. The van der Waals surface area contributed by atoms with Crippen molar-refractivity contribution in [2.24, 2.45) is 4.99 Å². The molecule has 12 rings (SSSR count). The molecule has 270 valence electrons. The normalized spacial score (nSPS) is 15.9. The second-order valence-electron chi connectivity index (χ2n) is 14.8. The molecule has 0 aliphatic carbocycles. The Morgan fingerprint density at radius 2 is 1.14 bits per heavy atom. The number of aliphatic imine (C=N–C) groups is 1. The second-order valence-corrected chi connectivity index (χ2v) is 14.8. The summed E-state index contributed by atoms with van der Waals surface area (Å²) in [5, 5.41) is 14.1. The lowest BCUT2D eigenvalue weighted by Crippen LogP contribution is -2.44. The topological polar surface area (TPSA) is 67.6 Å². The number of benzene rings is 8. The molecule has 0 saturated carbocycles. The van der Waals surface area contributed by atoms with Crippen LogP contribution >= 0.6 is 0 Å². The van der Waals surface area contributed by atoms with Crippen LogP contribution in [0.3, 0.4) is 0 Å². The van der Waals surface area contributed by atoms with Crippen LogP contribution in [0, 0.1) is 0 Å². The molecule has 2 unspecified atom stereocenters. The highest BCUT2D eigenvalue weighted by molar-refractivity contribution is 6.13. The van der Waals surface area contributed by atoms with Gasteiger partial charge in [0.25, 0.3) is 0 Å². The molecular weight excluding hydrogens is 701 g/mol. The summed E-state index contributed by atoms with van der Waals surface area (Å²) in [5.74, 6) is 0.859. The Kier molecular flexibility index (Phi) is 7.03. The van der Waals surface area contributed by atoms with Crippen LogP contribution in [0.5, 0.6) is 0 Å². The molecule has 6 heteroatoms. The number of hydrogen-bond acceptors (Lipinski definition) is 5. The molecular formula is C51H34N4O2. The molecule has 2 atom stereocenters. The number of fused-ring (bicyclic) bond motifs is 9. The summed E-state index contributed by atoms with van der Waals surface area (Å²) in [6.07, 6.45) is -0.377. The van der Waals surface area contributed by atoms with Gasteiger partial charge in [0.1, 0.15) is 40.5 Å². The lowest BCUT2D eigenvalue weighted by molar-refractivity contribution is 0.409. The summed E-state index contributed by atoms with van der Waals surface area (Å²) in [6.45, 7) is 0. The number of amidine groups is 1. The maximum absolute atomic E-state index is 6.67. The summed E-state index contributed by atoms with van der Waals surface area (Å²) in [6, 6.07) is 63.8. The molecule has 57 heavy (non-hydrogen) atoms. The monoisotopic (exact) mass is 734 g/mol. The highest BCUT2D eigenvalue weighted by atomic mass is 16.3. The van der Waals surface area contributed by atoms with Crippen molar-refractivity contribution < 1.29 is 8.83 Å². The van der Waals surface area contributed by atoms with Crippen LogP contribution in [0.25, 0.3) is 82.5 Å². The summed E-state index contributed by atoms with van der Waals surface area (Å²) >= 11 is 0. The minimum absolute atomic E-state index is 0.110. The Morgan fingerprint density at radius 1 is 0.456 bits per heavy atom. The Hall–Kier alpha value is -7.41. The molecule has 2 N–H and O–H groups in total. The van der Waals surface area contributed by atoms with Gasteiger partial charge in [-0.3, -0.25) is 5.32 Å². The zero-order chi connectivity index (χ0) is 37.5. The number of nitrogens with zero attached hydrogens (tertiary/aromatic N) is 2. The third kappa shape index (κ3) is 5.12. The van der Waals surface area contributed by atoms with E-state index >= 15 is 0 Å². The van der Waals surface area contributed by atoms with E-state index in [1.165, 1.54) is 21.8 Å². The lowest BCUT2D eigenvalue weighted by atomic mass is 9.99. The van der Waals surface area contributed by atoms with Crippen LogP contribution in [0.1, 0.15) is 29.0 Å². The van der Waals surface area contributed by atoms with E-state index < -0.39 is 0 Å². The molecule has 0 amide bonds. The van der Waals surface area contributed by atoms with Gasteiger partial charge < -0.3 is 18.7 Å². The van der Waals surface area contributed by atoms with Crippen molar-refractivity contribution in [2.75, 3.05) is 0 Å². The van der Waals surface area contributed by atoms with Crippen LogP contribution in [-0.2, 0) is 0 Å². The van der Waals surface area contributed by atoms with E-state index in [0.29, 0.717) is 0 Å². The number of aromatic nitrogens is 1. The molecule has 1 aliphatic rings. The predicted molar refractivity (Wildman–Crippen MR) is 232 cm³/mol. The van der Waals surface area contributed by atoms with E-state index in [4.69, 9.17) is 13.8 Å². The van der Waals surface area contributed by atoms with Crippen LogP contribution in [0.2, 0.25) is 0 Å². The first-order valence-electron chi connectivity index (χ1n) is 19.3. The van der Waals surface area contributed by atoms with Gasteiger partial charge in [-0.15, -0.1) is 0 Å². The van der Waals surface area contributed by atoms with Gasteiger partial charge in [-0.25, -0.2) is 4.99 Å². The Morgan fingerprint density at radius 3 is 1.95 bits per heavy atom. The Labute approximate surface area is 327 Å². The van der Waals surface area contributed by atoms with Gasteiger partial charge >= 0.3 is 0 Å². The van der Waals surface area contributed by atoms with E-state index in [1.807, 2.05) is 24.3 Å². The van der Waals surface area contributed by atoms with Crippen molar-refractivity contribution in [2.45, 2.75) is 12.3 Å². The zero-order valence-electron chi connectivity index (χ0n) is 30.7. The fourth-order valence-corrected chi connectivity index (χ4v) is 8.78. The largest absolute Gasteiger partial charge is 0.456 e. The number of para-hydroxylation sites is 3. The first-order valence-corrected chi connectivity index (χ1v) is 19.3. The van der Waals surface area contributed by atoms with Gasteiger partial charge in [-0.1, -0.05) is 127 Å². The first kappa shape index (κ1) is 31.9. The van der Waals surface area contributed by atoms with Gasteiger partial charge in [0, 0.05) is 55.2 Å². The van der Waals surface area contributed by atoms with E-state index in [0.717, 1.165) is 83.2 Å². The SMILES string of the molecule is c1ccc(C2=NC(c3ccc4oc5c(-c6ccc7oc8cc(-n9c%10ccccc%10c%10ccccc%109)ccc8c7c6)cccc5c4c3)NC(c3ccccc3)N2)cc1. The second kappa shape index (κ2) is 12.6. The highest BCUT2D eigenvalue weighted by Gasteiger charge is 2.26. The molecule has 0 spiro atoms. The highest BCUT2D eigenvalue weighted by Crippen LogP contribution is 2.41. The van der Waals surface area contributed by atoms with E-state index in [-0.39, 0.29) is 12.3 Å². The van der Waals surface area contributed by atoms with Gasteiger partial charge in [0.2, 0.25) is 0 Å². The standard InChI is InChI=1S/C51H34N4O2/c1-3-12-31(13-4-1)49-52-50(32-14-5-2-6-15-32)54-51(53-49)34-23-27-46-42(29-34)40-19-11-18-36(48(40)57-46)33-22-26-45-41(28-33)39-25-24-35(30-47(39)56-45)55-43-20-9-7-16-37(43)38-17-8-10-21-44(38)55/h1-30,49,51,53H,(H,52,54). The quantitative estimate of drug-likeness (QED) is 0.185. The summed E-state index contributed by atoms with van der Waals surface area (Å²) in [4.78, 5) is 5.18. The molecule has 11 aromatic rings. The zero-order valence-corrected chi connectivity index (χ0v) is 30.7. The first-order chi connectivity index (χ1) is 28.2. The minimum Gasteiger partial charge on any atom is -0.456 e. The lowest BCUT2D eigenvalue weighted by Gasteiger charge is -2.32. The molecule has 0 radical (unpaired) electrons. The van der Waals surface area contributed by atoms with Crippen molar-refractivity contribution in [3.63, 3.8) is 0 Å². The van der Waals surface area contributed by atoms with Crippen LogP contribution < -0.4 is 10.6 Å². The molecule has 1 aliphatic heterocycles. The van der Waals surface area contributed by atoms with Crippen LogP contribution in [0.15, 0.2) is 196 Å². The average Bonchev–Trinajstić information content (AvgIpc) is 3.95. The van der Waals surface area contributed by atoms with Crippen molar-refractivity contribution in [3.8, 4) is 16.8 Å². The molecule has 0 bridgehead atoms. The molecule has 0 fully saturated rings. The van der Waals surface area contributed by atoms with Gasteiger partial charge in [-0.2, -0.15) is 0 Å². The number of nitrogens with one attached hydrogen (secondary N) is 2. The minimum atomic E-state index is -0.267. The van der Waals surface area contributed by atoms with E-state index in [1.54, 1.807) is 0 Å².